The normalized spacial score (nSPS) is 11.2. The van der Waals surface area contributed by atoms with Gasteiger partial charge < -0.3 is 14.5 Å². The Kier molecular flexibility index (Phi) is 5.88. The van der Waals surface area contributed by atoms with Gasteiger partial charge in [-0.05, 0) is 43.3 Å². The van der Waals surface area contributed by atoms with Gasteiger partial charge in [-0.2, -0.15) is 0 Å². The molecular weight excluding hydrogens is 490 g/mol. The van der Waals surface area contributed by atoms with Gasteiger partial charge in [-0.1, -0.05) is 17.7 Å². The molecule has 0 aliphatic rings. The summed E-state index contributed by atoms with van der Waals surface area (Å²) in [6, 6.07) is 11.9. The summed E-state index contributed by atoms with van der Waals surface area (Å²) in [6.45, 7) is 1.95. The lowest BCUT2D eigenvalue weighted by Crippen LogP contribution is -2.33. The fraction of sp³-hybridized carbons (Fsp3) is 0.120. The van der Waals surface area contributed by atoms with Crippen LogP contribution in [0.4, 0.5) is 0 Å². The Morgan fingerprint density at radius 1 is 1.14 bits per heavy atom. The quantitative estimate of drug-likeness (QED) is 0.343. The number of fused-ring (bicyclic) bond motifs is 2. The highest BCUT2D eigenvalue weighted by molar-refractivity contribution is 7.22. The zero-order valence-electron chi connectivity index (χ0n) is 18.6. The fourth-order valence-corrected chi connectivity index (χ4v) is 5.20. The van der Waals surface area contributed by atoms with E-state index < -0.39 is 17.2 Å². The number of pyridine rings is 1. The highest BCUT2D eigenvalue weighted by Gasteiger charge is 2.18. The number of methoxy groups -OCH3 is 1. The number of ether oxygens (including phenoxy) is 2. The standard InChI is InChI=1S/C25H18ClN3O5S/c1-3-34-24(31)13-4-5-14-11-27-12-20(16(14)8-13)29-23(30)22-19(28-25(29)32)10-21(35-22)17-9-15(33-2)6-7-18(17)26/h4-12H,3H2,1-2H3,(H,28,32). The Labute approximate surface area is 207 Å². The van der Waals surface area contributed by atoms with Crippen LogP contribution >= 0.6 is 22.9 Å². The lowest BCUT2D eigenvalue weighted by Gasteiger charge is -2.09. The van der Waals surface area contributed by atoms with Gasteiger partial charge in [0, 0.05) is 32.4 Å². The first kappa shape index (κ1) is 22.8. The number of nitrogens with one attached hydrogen (secondary N) is 1. The molecule has 10 heteroatoms. The molecule has 35 heavy (non-hydrogen) atoms. The molecule has 0 radical (unpaired) electrons. The molecule has 5 aromatic rings. The number of aromatic amines is 1. The maximum absolute atomic E-state index is 13.5. The largest absolute Gasteiger partial charge is 0.497 e. The maximum Gasteiger partial charge on any atom is 0.338 e. The molecule has 5 rings (SSSR count). The summed E-state index contributed by atoms with van der Waals surface area (Å²) >= 11 is 7.60. The highest BCUT2D eigenvalue weighted by atomic mass is 35.5. The molecule has 0 aliphatic carbocycles. The van der Waals surface area contributed by atoms with Crippen molar-refractivity contribution in [3.8, 4) is 21.9 Å². The van der Waals surface area contributed by atoms with E-state index in [-0.39, 0.29) is 12.3 Å². The van der Waals surface area contributed by atoms with E-state index in [2.05, 4.69) is 9.97 Å². The molecule has 3 heterocycles. The van der Waals surface area contributed by atoms with Gasteiger partial charge in [0.2, 0.25) is 0 Å². The molecule has 0 spiro atoms. The zero-order chi connectivity index (χ0) is 24.7. The van der Waals surface area contributed by atoms with Crippen molar-refractivity contribution >= 4 is 49.9 Å². The van der Waals surface area contributed by atoms with Crippen LogP contribution < -0.4 is 16.0 Å². The van der Waals surface area contributed by atoms with Crippen LogP contribution in [0.3, 0.4) is 0 Å². The molecule has 0 atom stereocenters. The summed E-state index contributed by atoms with van der Waals surface area (Å²) in [5, 5.41) is 1.67. The summed E-state index contributed by atoms with van der Waals surface area (Å²) < 4.78 is 11.8. The number of carbonyl (C=O) groups excluding carboxylic acids is 1. The van der Waals surface area contributed by atoms with Crippen LogP contribution in [0.2, 0.25) is 5.02 Å². The van der Waals surface area contributed by atoms with Crippen molar-refractivity contribution in [3.63, 3.8) is 0 Å². The van der Waals surface area contributed by atoms with Crippen LogP contribution in [-0.4, -0.2) is 34.2 Å². The van der Waals surface area contributed by atoms with Crippen molar-refractivity contribution in [2.45, 2.75) is 6.92 Å². The second kappa shape index (κ2) is 9.01. The smallest absolute Gasteiger partial charge is 0.338 e. The molecule has 0 fully saturated rings. The third-order valence-electron chi connectivity index (χ3n) is 5.50. The summed E-state index contributed by atoms with van der Waals surface area (Å²) in [5.41, 5.74) is 0.523. The first-order valence-electron chi connectivity index (χ1n) is 10.6. The number of carbonyl (C=O) groups is 1. The first-order chi connectivity index (χ1) is 16.9. The van der Waals surface area contributed by atoms with Crippen molar-refractivity contribution in [1.29, 1.82) is 0 Å². The average molecular weight is 508 g/mol. The van der Waals surface area contributed by atoms with E-state index in [1.54, 1.807) is 62.7 Å². The molecule has 2 aromatic carbocycles. The molecule has 0 saturated heterocycles. The van der Waals surface area contributed by atoms with Gasteiger partial charge in [-0.25, -0.2) is 14.2 Å². The average Bonchev–Trinajstić information content (AvgIpc) is 3.28. The van der Waals surface area contributed by atoms with Gasteiger partial charge in [0.1, 0.15) is 10.4 Å². The molecule has 0 saturated carbocycles. The van der Waals surface area contributed by atoms with E-state index in [4.69, 9.17) is 21.1 Å². The van der Waals surface area contributed by atoms with Crippen LogP contribution in [-0.2, 0) is 4.74 Å². The minimum absolute atomic E-state index is 0.230. The number of thiophene rings is 1. The van der Waals surface area contributed by atoms with Gasteiger partial charge in [0.05, 0.1) is 36.7 Å². The van der Waals surface area contributed by atoms with E-state index in [0.29, 0.717) is 47.8 Å². The SMILES string of the molecule is CCOC(=O)c1ccc2cncc(-n3c(=O)[nH]c4cc(-c5cc(OC)ccc5Cl)sc4c3=O)c2c1. The van der Waals surface area contributed by atoms with E-state index in [9.17, 15) is 14.4 Å². The molecule has 1 N–H and O–H groups in total. The number of halogens is 1. The van der Waals surface area contributed by atoms with Gasteiger partial charge in [-0.15, -0.1) is 11.3 Å². The van der Waals surface area contributed by atoms with E-state index in [0.717, 1.165) is 4.57 Å². The van der Waals surface area contributed by atoms with Gasteiger partial charge in [0.25, 0.3) is 5.56 Å². The summed E-state index contributed by atoms with van der Waals surface area (Å²) in [5.74, 6) is 0.124. The monoisotopic (exact) mass is 507 g/mol. The Hall–Kier alpha value is -3.95. The summed E-state index contributed by atoms with van der Waals surface area (Å²) in [6.07, 6.45) is 3.02. The number of nitrogens with zero attached hydrogens (tertiary/aromatic N) is 2. The molecule has 0 amide bonds. The molecule has 0 bridgehead atoms. The van der Waals surface area contributed by atoms with Crippen molar-refractivity contribution in [3.05, 3.63) is 86.3 Å². The third kappa shape index (κ3) is 3.98. The van der Waals surface area contributed by atoms with Crippen molar-refractivity contribution < 1.29 is 14.3 Å². The first-order valence-corrected chi connectivity index (χ1v) is 11.8. The van der Waals surface area contributed by atoms with Gasteiger partial charge in [0.15, 0.2) is 0 Å². The molecule has 0 unspecified atom stereocenters. The van der Waals surface area contributed by atoms with Crippen molar-refractivity contribution in [1.82, 2.24) is 14.5 Å². The second-order valence-electron chi connectivity index (χ2n) is 7.58. The van der Waals surface area contributed by atoms with Crippen LogP contribution in [0.5, 0.6) is 5.75 Å². The van der Waals surface area contributed by atoms with Crippen LogP contribution in [0, 0.1) is 0 Å². The highest BCUT2D eigenvalue weighted by Crippen LogP contribution is 2.37. The number of rotatable bonds is 5. The van der Waals surface area contributed by atoms with Crippen molar-refractivity contribution in [2.75, 3.05) is 13.7 Å². The molecule has 176 valence electrons. The predicted molar refractivity (Wildman–Crippen MR) is 136 cm³/mol. The molecule has 3 aromatic heterocycles. The second-order valence-corrected chi connectivity index (χ2v) is 9.04. The zero-order valence-corrected chi connectivity index (χ0v) is 20.2. The number of benzene rings is 2. The lowest BCUT2D eigenvalue weighted by atomic mass is 10.1. The van der Waals surface area contributed by atoms with Crippen LogP contribution in [0.25, 0.3) is 37.1 Å². The number of esters is 1. The van der Waals surface area contributed by atoms with Gasteiger partial charge >= 0.3 is 11.7 Å². The minimum Gasteiger partial charge on any atom is -0.497 e. The number of hydrogen-bond acceptors (Lipinski definition) is 7. The Morgan fingerprint density at radius 3 is 2.74 bits per heavy atom. The molecular formula is C25H18ClN3O5S. The molecule has 8 nitrogen and oxygen atoms in total. The maximum atomic E-state index is 13.5. The fourth-order valence-electron chi connectivity index (χ4n) is 3.85. The minimum atomic E-state index is -0.626. The number of hydrogen-bond donors (Lipinski definition) is 1. The van der Waals surface area contributed by atoms with Gasteiger partial charge in [-0.3, -0.25) is 9.78 Å². The lowest BCUT2D eigenvalue weighted by molar-refractivity contribution is 0.0526. The van der Waals surface area contributed by atoms with E-state index >= 15 is 0 Å². The Morgan fingerprint density at radius 2 is 1.97 bits per heavy atom. The Balaban J connectivity index is 1.72. The number of H-pyrrole nitrogens is 1. The third-order valence-corrected chi connectivity index (χ3v) is 6.99. The topological polar surface area (TPSA) is 103 Å². The van der Waals surface area contributed by atoms with Crippen molar-refractivity contribution in [2.24, 2.45) is 0 Å². The Bertz CT molecular complexity index is 1740. The van der Waals surface area contributed by atoms with Crippen LogP contribution in [0.1, 0.15) is 17.3 Å². The van der Waals surface area contributed by atoms with E-state index in [1.807, 2.05) is 0 Å². The summed E-state index contributed by atoms with van der Waals surface area (Å²) in [4.78, 5) is 46.6. The molecule has 0 aliphatic heterocycles. The van der Waals surface area contributed by atoms with Crippen LogP contribution in [0.15, 0.2) is 64.4 Å². The summed E-state index contributed by atoms with van der Waals surface area (Å²) in [7, 11) is 1.56. The predicted octanol–water partition coefficient (Wildman–Crippen LogP) is 4.79. The van der Waals surface area contributed by atoms with E-state index in [1.165, 1.54) is 17.5 Å². The number of aromatic nitrogens is 3.